The molecule has 0 fully saturated rings. The summed E-state index contributed by atoms with van der Waals surface area (Å²) in [5, 5.41) is 1.99. The van der Waals surface area contributed by atoms with Gasteiger partial charge in [-0.3, -0.25) is 0 Å². The van der Waals surface area contributed by atoms with Gasteiger partial charge in [-0.15, -0.1) is 11.3 Å². The maximum Gasteiger partial charge on any atom is 0.243 e. The van der Waals surface area contributed by atoms with Crippen LogP contribution in [-0.2, 0) is 23.0 Å². The van der Waals surface area contributed by atoms with E-state index in [0.717, 1.165) is 4.88 Å². The van der Waals surface area contributed by atoms with Crippen molar-refractivity contribution in [1.29, 1.82) is 0 Å². The number of aryl methyl sites for hydroxylation is 1. The SMILES string of the molecule is COc1ccc(S(=O)(=O)N(CCc2cccs2)Cc2ccco2)c(C)c1. The summed E-state index contributed by atoms with van der Waals surface area (Å²) in [6, 6.07) is 12.5. The van der Waals surface area contributed by atoms with E-state index in [2.05, 4.69) is 0 Å². The molecule has 7 heteroatoms. The number of ether oxygens (including phenoxy) is 1. The first-order chi connectivity index (χ1) is 12.5. The van der Waals surface area contributed by atoms with E-state index in [-0.39, 0.29) is 11.4 Å². The van der Waals surface area contributed by atoms with Crippen LogP contribution in [0.4, 0.5) is 0 Å². The van der Waals surface area contributed by atoms with Gasteiger partial charge in [-0.25, -0.2) is 8.42 Å². The molecule has 0 aliphatic rings. The fraction of sp³-hybridized carbons (Fsp3) is 0.263. The molecule has 0 amide bonds. The molecule has 1 aromatic carbocycles. The topological polar surface area (TPSA) is 59.8 Å². The van der Waals surface area contributed by atoms with Crippen molar-refractivity contribution in [2.24, 2.45) is 0 Å². The molecule has 0 aliphatic carbocycles. The molecule has 5 nitrogen and oxygen atoms in total. The van der Waals surface area contributed by atoms with E-state index in [4.69, 9.17) is 9.15 Å². The number of hydrogen-bond donors (Lipinski definition) is 0. The Morgan fingerprint density at radius 2 is 2.04 bits per heavy atom. The van der Waals surface area contributed by atoms with Gasteiger partial charge in [0.05, 0.1) is 24.8 Å². The van der Waals surface area contributed by atoms with Crippen LogP contribution in [-0.4, -0.2) is 26.4 Å². The minimum atomic E-state index is -3.66. The van der Waals surface area contributed by atoms with Crippen molar-refractivity contribution in [3.63, 3.8) is 0 Å². The van der Waals surface area contributed by atoms with Gasteiger partial charge in [-0.1, -0.05) is 6.07 Å². The molecule has 138 valence electrons. The third kappa shape index (κ3) is 4.17. The lowest BCUT2D eigenvalue weighted by Crippen LogP contribution is -2.32. The average molecular weight is 392 g/mol. The van der Waals surface area contributed by atoms with Gasteiger partial charge in [0.15, 0.2) is 0 Å². The third-order valence-corrected chi connectivity index (χ3v) is 7.04. The van der Waals surface area contributed by atoms with Crippen LogP contribution in [0.3, 0.4) is 0 Å². The van der Waals surface area contributed by atoms with Crippen molar-refractivity contribution in [3.8, 4) is 5.75 Å². The standard InChI is InChI=1S/C19H21NO4S2/c1-15-13-16(23-2)7-8-19(15)26(21,22)20(14-17-5-3-11-24-17)10-9-18-6-4-12-25-18/h3-8,11-13H,9-10,14H2,1-2H3. The number of rotatable bonds is 8. The molecule has 3 rings (SSSR count). The molecule has 2 heterocycles. The first-order valence-corrected chi connectivity index (χ1v) is 10.5. The molecule has 0 bridgehead atoms. The maximum absolute atomic E-state index is 13.3. The molecular formula is C19H21NO4S2. The van der Waals surface area contributed by atoms with Crippen LogP contribution in [0.2, 0.25) is 0 Å². The van der Waals surface area contributed by atoms with E-state index in [9.17, 15) is 8.42 Å². The molecule has 0 saturated carbocycles. The number of hydrogen-bond acceptors (Lipinski definition) is 5. The van der Waals surface area contributed by atoms with Gasteiger partial charge >= 0.3 is 0 Å². The second-order valence-electron chi connectivity index (χ2n) is 5.88. The predicted molar refractivity (Wildman–Crippen MR) is 102 cm³/mol. The van der Waals surface area contributed by atoms with Gasteiger partial charge in [0.25, 0.3) is 0 Å². The van der Waals surface area contributed by atoms with Gasteiger partial charge in [-0.05, 0) is 60.7 Å². The Bertz CT molecular complexity index is 932. The lowest BCUT2D eigenvalue weighted by Gasteiger charge is -2.22. The Morgan fingerprint density at radius 3 is 2.65 bits per heavy atom. The Labute approximate surface area is 157 Å². The third-order valence-electron chi connectivity index (χ3n) is 4.10. The van der Waals surface area contributed by atoms with E-state index < -0.39 is 10.0 Å². The van der Waals surface area contributed by atoms with Crippen LogP contribution in [0, 0.1) is 6.92 Å². The van der Waals surface area contributed by atoms with Crippen molar-refractivity contribution in [1.82, 2.24) is 4.31 Å². The smallest absolute Gasteiger partial charge is 0.243 e. The highest BCUT2D eigenvalue weighted by Gasteiger charge is 2.27. The summed E-state index contributed by atoms with van der Waals surface area (Å²) in [4.78, 5) is 1.44. The molecule has 0 radical (unpaired) electrons. The molecule has 26 heavy (non-hydrogen) atoms. The summed E-state index contributed by atoms with van der Waals surface area (Å²) >= 11 is 1.63. The van der Waals surface area contributed by atoms with Crippen LogP contribution >= 0.6 is 11.3 Å². The monoisotopic (exact) mass is 391 g/mol. The Hall–Kier alpha value is -2.09. The second-order valence-corrected chi connectivity index (χ2v) is 8.82. The molecule has 3 aromatic rings. The minimum absolute atomic E-state index is 0.201. The van der Waals surface area contributed by atoms with Crippen molar-refractivity contribution < 1.29 is 17.6 Å². The Balaban J connectivity index is 1.90. The number of benzene rings is 1. The van der Waals surface area contributed by atoms with Gasteiger partial charge in [0.1, 0.15) is 11.5 Å². The highest BCUT2D eigenvalue weighted by atomic mass is 32.2. The summed E-state index contributed by atoms with van der Waals surface area (Å²) in [7, 11) is -2.10. The Morgan fingerprint density at radius 1 is 1.19 bits per heavy atom. The summed E-state index contributed by atoms with van der Waals surface area (Å²) in [6.45, 7) is 2.36. The number of methoxy groups -OCH3 is 1. The zero-order valence-electron chi connectivity index (χ0n) is 14.7. The van der Waals surface area contributed by atoms with Crippen LogP contribution < -0.4 is 4.74 Å². The average Bonchev–Trinajstić information content (AvgIpc) is 3.31. The lowest BCUT2D eigenvalue weighted by molar-refractivity contribution is 0.366. The largest absolute Gasteiger partial charge is 0.497 e. The number of nitrogens with zero attached hydrogens (tertiary/aromatic N) is 1. The van der Waals surface area contributed by atoms with Crippen LogP contribution in [0.15, 0.2) is 63.4 Å². The fourth-order valence-corrected chi connectivity index (χ4v) is 5.04. The van der Waals surface area contributed by atoms with Crippen LogP contribution in [0.1, 0.15) is 16.2 Å². The van der Waals surface area contributed by atoms with E-state index in [1.54, 1.807) is 62.0 Å². The van der Waals surface area contributed by atoms with Crippen molar-refractivity contribution in [3.05, 3.63) is 70.3 Å². The molecule has 0 unspecified atom stereocenters. The van der Waals surface area contributed by atoms with Crippen molar-refractivity contribution >= 4 is 21.4 Å². The quantitative estimate of drug-likeness (QED) is 0.580. The molecule has 0 aliphatic heterocycles. The van der Waals surface area contributed by atoms with Crippen LogP contribution in [0.5, 0.6) is 5.75 Å². The zero-order chi connectivity index (χ0) is 18.6. The van der Waals surface area contributed by atoms with Gasteiger partial charge < -0.3 is 9.15 Å². The normalized spacial score (nSPS) is 11.8. The maximum atomic E-state index is 13.3. The highest BCUT2D eigenvalue weighted by Crippen LogP contribution is 2.26. The summed E-state index contributed by atoms with van der Waals surface area (Å²) in [6.07, 6.45) is 2.21. The van der Waals surface area contributed by atoms with E-state index in [0.29, 0.717) is 30.0 Å². The predicted octanol–water partition coefficient (Wildman–Crippen LogP) is 4.09. The summed E-state index contributed by atoms with van der Waals surface area (Å²) < 4.78 is 38.6. The minimum Gasteiger partial charge on any atom is -0.497 e. The first kappa shape index (κ1) is 18.7. The molecule has 0 spiro atoms. The lowest BCUT2D eigenvalue weighted by atomic mass is 10.2. The summed E-state index contributed by atoms with van der Waals surface area (Å²) in [5.41, 5.74) is 0.657. The molecule has 2 aromatic heterocycles. The van der Waals surface area contributed by atoms with E-state index >= 15 is 0 Å². The second kappa shape index (κ2) is 8.07. The van der Waals surface area contributed by atoms with E-state index in [1.165, 1.54) is 4.31 Å². The zero-order valence-corrected chi connectivity index (χ0v) is 16.3. The van der Waals surface area contributed by atoms with Crippen LogP contribution in [0.25, 0.3) is 0 Å². The molecular weight excluding hydrogens is 370 g/mol. The molecule has 0 N–H and O–H groups in total. The van der Waals surface area contributed by atoms with Crippen molar-refractivity contribution in [2.45, 2.75) is 24.8 Å². The Kier molecular flexibility index (Phi) is 5.80. The van der Waals surface area contributed by atoms with E-state index in [1.807, 2.05) is 17.5 Å². The number of thiophene rings is 1. The molecule has 0 atom stereocenters. The summed E-state index contributed by atoms with van der Waals surface area (Å²) in [5.74, 6) is 1.25. The number of sulfonamides is 1. The first-order valence-electron chi connectivity index (χ1n) is 8.20. The fourth-order valence-electron chi connectivity index (χ4n) is 2.73. The van der Waals surface area contributed by atoms with Gasteiger partial charge in [-0.2, -0.15) is 4.31 Å². The van der Waals surface area contributed by atoms with Gasteiger partial charge in [0, 0.05) is 11.4 Å². The number of furan rings is 1. The molecule has 0 saturated heterocycles. The van der Waals surface area contributed by atoms with Crippen molar-refractivity contribution in [2.75, 3.05) is 13.7 Å². The van der Waals surface area contributed by atoms with Gasteiger partial charge in [0.2, 0.25) is 10.0 Å². The highest BCUT2D eigenvalue weighted by molar-refractivity contribution is 7.89.